The molecule has 1 heterocycles. The smallest absolute Gasteiger partial charge is 0.255 e. The Morgan fingerprint density at radius 1 is 1.00 bits per heavy atom. The van der Waals surface area contributed by atoms with Gasteiger partial charge in [0.05, 0.1) is 24.3 Å². The number of carbonyl (C=O) groups excluding carboxylic acids is 1. The van der Waals surface area contributed by atoms with Crippen molar-refractivity contribution in [2.24, 2.45) is 5.92 Å². The number of hydrogen-bond donors (Lipinski definition) is 2. The van der Waals surface area contributed by atoms with Crippen molar-refractivity contribution in [2.45, 2.75) is 31.9 Å². The van der Waals surface area contributed by atoms with Crippen LogP contribution < -0.4 is 5.32 Å². The van der Waals surface area contributed by atoms with Crippen LogP contribution in [0.3, 0.4) is 0 Å². The van der Waals surface area contributed by atoms with Crippen molar-refractivity contribution in [3.05, 3.63) is 126 Å². The molecule has 3 atom stereocenters. The zero-order chi connectivity index (χ0) is 26.7. The molecule has 0 saturated heterocycles. The second-order valence-corrected chi connectivity index (χ2v) is 9.23. The molecule has 2 N–H and O–H groups in total. The van der Waals surface area contributed by atoms with Gasteiger partial charge in [0.1, 0.15) is 0 Å². The number of ether oxygens (including phenoxy) is 1. The maximum Gasteiger partial charge on any atom is 0.255 e. The number of nitrogens with one attached hydrogen (secondary N) is 1. The van der Waals surface area contributed by atoms with Crippen LogP contribution in [-0.4, -0.2) is 39.7 Å². The second kappa shape index (κ2) is 13.5. The monoisotopic (exact) mass is 510 g/mol. The topological polar surface area (TPSA) is 89.3 Å². The third-order valence-electron chi connectivity index (χ3n) is 6.53. The van der Waals surface area contributed by atoms with Gasteiger partial charge >= 0.3 is 0 Å². The Hall–Kier alpha value is -4.07. The van der Waals surface area contributed by atoms with Crippen molar-refractivity contribution in [3.63, 3.8) is 0 Å². The summed E-state index contributed by atoms with van der Waals surface area (Å²) in [5, 5.41) is 21.3. The first-order valence-electron chi connectivity index (χ1n) is 12.8. The van der Waals surface area contributed by atoms with Crippen LogP contribution in [0.5, 0.6) is 0 Å². The summed E-state index contributed by atoms with van der Waals surface area (Å²) >= 11 is 0. The highest BCUT2D eigenvalue weighted by molar-refractivity contribution is 6.04. The molecule has 0 spiro atoms. The third kappa shape index (κ3) is 7.03. The maximum absolute atomic E-state index is 12.4. The van der Waals surface area contributed by atoms with Gasteiger partial charge in [-0.15, -0.1) is 5.10 Å². The fourth-order valence-corrected chi connectivity index (χ4v) is 4.46. The summed E-state index contributed by atoms with van der Waals surface area (Å²) in [7, 11) is 1.71. The number of hydrogen-bond acceptors (Lipinski definition) is 5. The fourth-order valence-electron chi connectivity index (χ4n) is 4.46. The molecule has 1 unspecified atom stereocenters. The van der Waals surface area contributed by atoms with Crippen LogP contribution in [0.1, 0.15) is 52.5 Å². The van der Waals surface area contributed by atoms with Gasteiger partial charge in [0.25, 0.3) is 5.91 Å². The van der Waals surface area contributed by atoms with Crippen LogP contribution in [-0.2, 0) is 11.3 Å². The number of benzene rings is 3. The molecule has 0 radical (unpaired) electrons. The first kappa shape index (κ1) is 27.0. The summed E-state index contributed by atoms with van der Waals surface area (Å²) in [5.41, 5.74) is 4.19. The Balaban J connectivity index is 1.30. The van der Waals surface area contributed by atoms with Crippen LogP contribution in [0.4, 0.5) is 5.69 Å². The number of amides is 1. The zero-order valence-electron chi connectivity index (χ0n) is 21.8. The molecule has 0 bridgehead atoms. The van der Waals surface area contributed by atoms with Crippen LogP contribution in [0.2, 0.25) is 0 Å². The molecule has 0 saturated carbocycles. The van der Waals surface area contributed by atoms with Crippen LogP contribution in [0, 0.1) is 5.92 Å². The van der Waals surface area contributed by atoms with Gasteiger partial charge in [-0.25, -0.2) is 0 Å². The van der Waals surface area contributed by atoms with Crippen molar-refractivity contribution in [2.75, 3.05) is 19.0 Å². The standard InChI is InChI=1S/C31H34N4O3/c1-23(11-9-10-20-35-21-29(33-34-35)28(22-36)24-12-5-3-6-13-24)30(38-2)25-16-18-27(19-17-25)32-31(37)26-14-7-4-8-15-26/h3-9,11-19,21,23,28,30,36H,10,20,22H2,1-2H3,(H,32,37)/b11-9+/t23-,28?,30+/m0/s1. The van der Waals surface area contributed by atoms with E-state index >= 15 is 0 Å². The summed E-state index contributed by atoms with van der Waals surface area (Å²) in [4.78, 5) is 12.4. The lowest BCUT2D eigenvalue weighted by Gasteiger charge is -2.21. The Labute approximate surface area is 223 Å². The molecule has 4 aromatic rings. The van der Waals surface area contributed by atoms with E-state index in [1.165, 1.54) is 0 Å². The van der Waals surface area contributed by atoms with Gasteiger partial charge in [0, 0.05) is 37.0 Å². The van der Waals surface area contributed by atoms with E-state index in [1.54, 1.807) is 19.2 Å². The average Bonchev–Trinajstić information content (AvgIpc) is 3.42. The largest absolute Gasteiger partial charge is 0.395 e. The molecule has 1 aromatic heterocycles. The van der Waals surface area contributed by atoms with E-state index in [-0.39, 0.29) is 30.5 Å². The van der Waals surface area contributed by atoms with Gasteiger partial charge in [-0.05, 0) is 41.8 Å². The molecule has 7 heteroatoms. The number of aromatic nitrogens is 3. The van der Waals surface area contributed by atoms with E-state index in [0.29, 0.717) is 12.1 Å². The Bertz CT molecular complexity index is 1300. The van der Waals surface area contributed by atoms with Crippen LogP contribution in [0.25, 0.3) is 0 Å². The van der Waals surface area contributed by atoms with Gasteiger partial charge < -0.3 is 15.2 Å². The first-order valence-corrected chi connectivity index (χ1v) is 12.8. The van der Waals surface area contributed by atoms with Gasteiger partial charge in [-0.2, -0.15) is 0 Å². The Morgan fingerprint density at radius 3 is 2.34 bits per heavy atom. The van der Waals surface area contributed by atoms with Crippen molar-refractivity contribution in [1.82, 2.24) is 15.0 Å². The Kier molecular flexibility index (Phi) is 9.56. The van der Waals surface area contributed by atoms with Gasteiger partial charge in [-0.3, -0.25) is 9.48 Å². The predicted octanol–water partition coefficient (Wildman–Crippen LogP) is 5.62. The lowest BCUT2D eigenvalue weighted by Crippen LogP contribution is -2.13. The number of anilines is 1. The number of allylic oxidation sites excluding steroid dienone is 1. The highest BCUT2D eigenvalue weighted by Gasteiger charge is 2.18. The second-order valence-electron chi connectivity index (χ2n) is 9.23. The highest BCUT2D eigenvalue weighted by Crippen LogP contribution is 2.28. The van der Waals surface area contributed by atoms with E-state index in [0.717, 1.165) is 28.9 Å². The number of aryl methyl sites for hydroxylation is 1. The number of carbonyl (C=O) groups is 1. The van der Waals surface area contributed by atoms with Crippen LogP contribution in [0.15, 0.2) is 103 Å². The number of nitrogens with zero attached hydrogens (tertiary/aromatic N) is 3. The summed E-state index contributed by atoms with van der Waals surface area (Å²) in [5.74, 6) is -0.168. The molecule has 38 heavy (non-hydrogen) atoms. The van der Waals surface area contributed by atoms with Crippen molar-refractivity contribution in [1.29, 1.82) is 0 Å². The minimum Gasteiger partial charge on any atom is -0.395 e. The van der Waals surface area contributed by atoms with Gasteiger partial charge in [0.15, 0.2) is 0 Å². The zero-order valence-corrected chi connectivity index (χ0v) is 21.8. The summed E-state index contributed by atoms with van der Waals surface area (Å²) < 4.78 is 7.61. The maximum atomic E-state index is 12.4. The number of methoxy groups -OCH3 is 1. The fraction of sp³-hybridized carbons (Fsp3) is 0.258. The normalized spacial score (nSPS) is 13.8. The molecule has 0 aliphatic heterocycles. The third-order valence-corrected chi connectivity index (χ3v) is 6.53. The number of aliphatic hydroxyl groups is 1. The Morgan fingerprint density at radius 2 is 1.68 bits per heavy atom. The van der Waals surface area contributed by atoms with E-state index < -0.39 is 0 Å². The van der Waals surface area contributed by atoms with E-state index in [9.17, 15) is 9.90 Å². The number of aliphatic hydroxyl groups excluding tert-OH is 1. The number of rotatable bonds is 12. The highest BCUT2D eigenvalue weighted by atomic mass is 16.5. The average molecular weight is 511 g/mol. The molecule has 3 aromatic carbocycles. The molecule has 0 fully saturated rings. The van der Waals surface area contributed by atoms with Crippen molar-refractivity contribution < 1.29 is 14.6 Å². The minimum absolute atomic E-state index is 0.0150. The SMILES string of the molecule is CO[C@@H](c1ccc(NC(=O)c2ccccc2)cc1)[C@@H](C)/C=C/CCn1cc(C(CO)c2ccccc2)nn1. The predicted molar refractivity (Wildman–Crippen MR) is 149 cm³/mol. The first-order chi connectivity index (χ1) is 18.6. The van der Waals surface area contributed by atoms with E-state index in [1.807, 2.05) is 83.7 Å². The summed E-state index contributed by atoms with van der Waals surface area (Å²) in [6.45, 7) is 2.80. The molecule has 0 aliphatic rings. The molecule has 196 valence electrons. The lowest BCUT2D eigenvalue weighted by molar-refractivity contribution is 0.0741. The van der Waals surface area contributed by atoms with Gasteiger partial charge in [-0.1, -0.05) is 85.0 Å². The molecule has 1 amide bonds. The lowest BCUT2D eigenvalue weighted by atomic mass is 9.96. The minimum atomic E-state index is -0.180. The van der Waals surface area contributed by atoms with Crippen LogP contribution >= 0.6 is 0 Å². The summed E-state index contributed by atoms with van der Waals surface area (Å²) in [6, 6.07) is 26.8. The summed E-state index contributed by atoms with van der Waals surface area (Å²) in [6.07, 6.45) is 6.87. The molecule has 7 nitrogen and oxygen atoms in total. The van der Waals surface area contributed by atoms with E-state index in [4.69, 9.17) is 4.74 Å². The van der Waals surface area contributed by atoms with Crippen molar-refractivity contribution in [3.8, 4) is 0 Å². The molecular formula is C31H34N4O3. The molecule has 0 aliphatic carbocycles. The molecule has 4 rings (SSSR count). The molecular weight excluding hydrogens is 476 g/mol. The van der Waals surface area contributed by atoms with E-state index in [2.05, 4.69) is 34.7 Å². The van der Waals surface area contributed by atoms with Crippen molar-refractivity contribution >= 4 is 11.6 Å². The van der Waals surface area contributed by atoms with Gasteiger partial charge in [0.2, 0.25) is 0 Å². The quantitative estimate of drug-likeness (QED) is 0.241.